The van der Waals surface area contributed by atoms with Gasteiger partial charge in [0.05, 0.1) is 5.56 Å². The lowest BCUT2D eigenvalue weighted by Crippen LogP contribution is -2.27. The van der Waals surface area contributed by atoms with Crippen molar-refractivity contribution in [2.24, 2.45) is 0 Å². The van der Waals surface area contributed by atoms with E-state index in [1.54, 1.807) is 20.8 Å². The van der Waals surface area contributed by atoms with Crippen LogP contribution in [-0.4, -0.2) is 11.7 Å². The first kappa shape index (κ1) is 14.0. The van der Waals surface area contributed by atoms with Crippen LogP contribution in [0.3, 0.4) is 0 Å². The maximum atomic E-state index is 13.3. The van der Waals surface area contributed by atoms with Crippen molar-refractivity contribution < 1.29 is 13.9 Å². The van der Waals surface area contributed by atoms with Crippen molar-refractivity contribution in [3.8, 4) is 0 Å². The highest BCUT2D eigenvalue weighted by Gasteiger charge is 2.16. The van der Waals surface area contributed by atoms with Crippen LogP contribution in [0, 0.1) is 12.4 Å². The molecule has 1 rings (SSSR count). The molecule has 0 aromatic heterocycles. The number of hydrogen-bond acceptors (Lipinski definition) is 2. The molecule has 18 heavy (non-hydrogen) atoms. The summed E-state index contributed by atoms with van der Waals surface area (Å²) in [4.78, 5) is 14.6. The van der Waals surface area contributed by atoms with Gasteiger partial charge in [0.1, 0.15) is 11.4 Å². The number of nitrogens with zero attached hydrogens (tertiary/aromatic N) is 1. The summed E-state index contributed by atoms with van der Waals surface area (Å²) in [5, 5.41) is 2.49. The lowest BCUT2D eigenvalue weighted by atomic mass is 10.2. The quantitative estimate of drug-likeness (QED) is 0.815. The van der Waals surface area contributed by atoms with E-state index in [1.165, 1.54) is 18.2 Å². The van der Waals surface area contributed by atoms with Crippen LogP contribution in [0.1, 0.15) is 26.3 Å². The van der Waals surface area contributed by atoms with Gasteiger partial charge in [0.2, 0.25) is 6.54 Å². The third-order valence-corrected chi connectivity index (χ3v) is 1.94. The van der Waals surface area contributed by atoms with E-state index in [9.17, 15) is 9.18 Å². The van der Waals surface area contributed by atoms with Crippen LogP contribution in [0.2, 0.25) is 0 Å². The smallest absolute Gasteiger partial charge is 0.412 e. The molecule has 0 unspecified atom stereocenters. The molecule has 5 heteroatoms. The van der Waals surface area contributed by atoms with Gasteiger partial charge in [0, 0.05) is 5.69 Å². The largest absolute Gasteiger partial charge is 0.444 e. The van der Waals surface area contributed by atoms with Crippen molar-refractivity contribution in [3.05, 3.63) is 41.0 Å². The zero-order chi connectivity index (χ0) is 13.8. The molecule has 0 radical (unpaired) electrons. The van der Waals surface area contributed by atoms with Gasteiger partial charge in [0.25, 0.3) is 0 Å². The maximum absolute atomic E-state index is 13.3. The van der Waals surface area contributed by atoms with Crippen molar-refractivity contribution in [3.63, 3.8) is 0 Å². The lowest BCUT2D eigenvalue weighted by molar-refractivity contribution is 0.0636. The summed E-state index contributed by atoms with van der Waals surface area (Å²) in [6, 6.07) is 4.07. The molecule has 1 amide bonds. The van der Waals surface area contributed by atoms with E-state index in [2.05, 4.69) is 10.2 Å². The average Bonchev–Trinajstić information content (AvgIpc) is 2.20. The van der Waals surface area contributed by atoms with Gasteiger partial charge >= 0.3 is 6.09 Å². The van der Waals surface area contributed by atoms with Gasteiger partial charge < -0.3 is 9.58 Å². The fourth-order valence-electron chi connectivity index (χ4n) is 1.28. The van der Waals surface area contributed by atoms with E-state index in [0.29, 0.717) is 5.69 Å². The highest BCUT2D eigenvalue weighted by atomic mass is 19.1. The van der Waals surface area contributed by atoms with Crippen LogP contribution in [0.5, 0.6) is 0 Å². The SMILES string of the molecule is [C-]#[N+]Cc1cc(NC(=O)OC(C)(C)C)ccc1F. The predicted molar refractivity (Wildman–Crippen MR) is 66.6 cm³/mol. The number of rotatable bonds is 2. The number of nitrogens with one attached hydrogen (secondary N) is 1. The highest BCUT2D eigenvalue weighted by molar-refractivity contribution is 5.84. The van der Waals surface area contributed by atoms with E-state index in [4.69, 9.17) is 11.3 Å². The molecule has 0 aliphatic rings. The lowest BCUT2D eigenvalue weighted by Gasteiger charge is -2.19. The second kappa shape index (κ2) is 5.50. The number of anilines is 1. The number of benzene rings is 1. The number of carbonyl (C=O) groups excluding carboxylic acids is 1. The summed E-state index contributed by atoms with van der Waals surface area (Å²) >= 11 is 0. The van der Waals surface area contributed by atoms with Crippen molar-refractivity contribution in [1.29, 1.82) is 0 Å². The Morgan fingerprint density at radius 2 is 2.17 bits per heavy atom. The van der Waals surface area contributed by atoms with Crippen molar-refractivity contribution in [1.82, 2.24) is 0 Å². The van der Waals surface area contributed by atoms with Crippen LogP contribution in [0.15, 0.2) is 18.2 Å². The minimum atomic E-state index is -0.608. The van der Waals surface area contributed by atoms with Gasteiger partial charge in [-0.05, 0) is 39.0 Å². The Morgan fingerprint density at radius 3 is 2.72 bits per heavy atom. The predicted octanol–water partition coefficient (Wildman–Crippen LogP) is 3.59. The van der Waals surface area contributed by atoms with Crippen molar-refractivity contribution in [2.45, 2.75) is 32.9 Å². The summed E-state index contributed by atoms with van der Waals surface area (Å²) in [7, 11) is 0. The number of amides is 1. The Morgan fingerprint density at radius 1 is 1.50 bits per heavy atom. The van der Waals surface area contributed by atoms with Crippen LogP contribution >= 0.6 is 0 Å². The maximum Gasteiger partial charge on any atom is 0.412 e. The van der Waals surface area contributed by atoms with E-state index in [-0.39, 0.29) is 12.1 Å². The first-order valence-corrected chi connectivity index (χ1v) is 5.43. The van der Waals surface area contributed by atoms with Crippen LogP contribution in [-0.2, 0) is 11.3 Å². The average molecular weight is 250 g/mol. The number of hydrogen-bond donors (Lipinski definition) is 1. The normalized spacial score (nSPS) is 10.6. The van der Waals surface area contributed by atoms with Gasteiger partial charge in [-0.3, -0.25) is 5.32 Å². The van der Waals surface area contributed by atoms with Gasteiger partial charge in [-0.2, -0.15) is 0 Å². The molecular formula is C13H15FN2O2. The molecule has 0 aliphatic carbocycles. The first-order chi connectivity index (χ1) is 8.31. The summed E-state index contributed by atoms with van der Waals surface area (Å²) in [5.74, 6) is -0.458. The van der Waals surface area contributed by atoms with E-state index < -0.39 is 17.5 Å². The Bertz CT molecular complexity index is 487. The van der Waals surface area contributed by atoms with Gasteiger partial charge in [-0.1, -0.05) is 0 Å². The Balaban J connectivity index is 2.77. The second-order valence-corrected chi connectivity index (χ2v) is 4.75. The summed E-state index contributed by atoms with van der Waals surface area (Å²) in [5.41, 5.74) is 0.0616. The highest BCUT2D eigenvalue weighted by Crippen LogP contribution is 2.17. The Kier molecular flexibility index (Phi) is 4.27. The second-order valence-electron chi connectivity index (χ2n) is 4.75. The van der Waals surface area contributed by atoms with Crippen molar-refractivity contribution in [2.75, 3.05) is 5.32 Å². The van der Waals surface area contributed by atoms with Crippen LogP contribution < -0.4 is 5.32 Å². The summed E-state index contributed by atoms with van der Waals surface area (Å²) in [6.07, 6.45) is -0.608. The fourth-order valence-corrected chi connectivity index (χ4v) is 1.28. The van der Waals surface area contributed by atoms with E-state index in [0.717, 1.165) is 0 Å². The van der Waals surface area contributed by atoms with E-state index >= 15 is 0 Å². The number of halogens is 1. The van der Waals surface area contributed by atoms with Gasteiger partial charge in [-0.15, -0.1) is 0 Å². The third kappa shape index (κ3) is 4.42. The van der Waals surface area contributed by atoms with Crippen LogP contribution in [0.25, 0.3) is 4.85 Å². The molecule has 4 nitrogen and oxygen atoms in total. The third-order valence-electron chi connectivity index (χ3n) is 1.94. The standard InChI is InChI=1S/C13H15FN2O2/c1-13(2,3)18-12(17)16-10-5-6-11(14)9(7-10)8-15-4/h5-7H,8H2,1-3H3,(H,16,17). The fraction of sp³-hybridized carbons (Fsp3) is 0.385. The van der Waals surface area contributed by atoms with Gasteiger partial charge in [0.15, 0.2) is 0 Å². The Hall–Kier alpha value is -2.09. The minimum absolute atomic E-state index is 0.0598. The zero-order valence-corrected chi connectivity index (χ0v) is 10.6. The summed E-state index contributed by atoms with van der Waals surface area (Å²) in [6.45, 7) is 11.9. The summed E-state index contributed by atoms with van der Waals surface area (Å²) < 4.78 is 18.3. The molecule has 0 saturated carbocycles. The molecule has 0 fully saturated rings. The zero-order valence-electron chi connectivity index (χ0n) is 10.6. The van der Waals surface area contributed by atoms with Crippen LogP contribution in [0.4, 0.5) is 14.9 Å². The molecule has 0 bridgehead atoms. The molecule has 0 heterocycles. The molecule has 0 aliphatic heterocycles. The minimum Gasteiger partial charge on any atom is -0.444 e. The number of ether oxygens (including phenoxy) is 1. The molecule has 96 valence electrons. The molecule has 0 atom stereocenters. The molecule has 1 aromatic carbocycles. The molecule has 1 N–H and O–H groups in total. The van der Waals surface area contributed by atoms with Crippen molar-refractivity contribution >= 4 is 11.8 Å². The molecule has 0 saturated heterocycles. The van der Waals surface area contributed by atoms with E-state index in [1.807, 2.05) is 0 Å². The monoisotopic (exact) mass is 250 g/mol. The Labute approximate surface area is 106 Å². The number of carbonyl (C=O) groups is 1. The molecule has 0 spiro atoms. The topological polar surface area (TPSA) is 42.7 Å². The van der Waals surface area contributed by atoms with Gasteiger partial charge in [-0.25, -0.2) is 15.8 Å². The molecular weight excluding hydrogens is 235 g/mol. The first-order valence-electron chi connectivity index (χ1n) is 5.43. The molecule has 1 aromatic rings.